The second kappa shape index (κ2) is 7.66. The van der Waals surface area contributed by atoms with E-state index < -0.39 is 62.1 Å². The summed E-state index contributed by atoms with van der Waals surface area (Å²) >= 11 is 0. The molecule has 5 N–H and O–H groups in total. The predicted molar refractivity (Wildman–Crippen MR) is 85.6 cm³/mol. The van der Waals surface area contributed by atoms with E-state index in [2.05, 4.69) is 11.1 Å². The van der Waals surface area contributed by atoms with E-state index in [0.717, 1.165) is 10.8 Å². The molecule has 13 heteroatoms. The number of nitrogens with one attached hydrogen (secondary N) is 1. The van der Waals surface area contributed by atoms with Gasteiger partial charge in [0.1, 0.15) is 24.5 Å². The molecule has 1 aromatic rings. The highest BCUT2D eigenvalue weighted by Crippen LogP contribution is 2.42. The number of aromatic amines is 1. The van der Waals surface area contributed by atoms with Crippen LogP contribution in [-0.2, 0) is 18.6 Å². The van der Waals surface area contributed by atoms with Crippen molar-refractivity contribution in [3.8, 4) is 0 Å². The van der Waals surface area contributed by atoms with Crippen LogP contribution in [0.4, 0.5) is 0 Å². The van der Waals surface area contributed by atoms with Crippen LogP contribution < -0.4 is 11.2 Å². The van der Waals surface area contributed by atoms with E-state index in [0.29, 0.717) is 0 Å². The van der Waals surface area contributed by atoms with Crippen LogP contribution in [0.25, 0.3) is 6.08 Å². The van der Waals surface area contributed by atoms with Crippen molar-refractivity contribution in [2.24, 2.45) is 0 Å². The molecule has 144 valence electrons. The number of hydrogen-bond acceptors (Lipinski definition) is 8. The van der Waals surface area contributed by atoms with Crippen LogP contribution in [0.1, 0.15) is 11.8 Å². The summed E-state index contributed by atoms with van der Waals surface area (Å²) in [5.74, 6) is -1.56. The summed E-state index contributed by atoms with van der Waals surface area (Å²) in [6.07, 6.45) is -4.88. The van der Waals surface area contributed by atoms with Gasteiger partial charge >= 0.3 is 19.3 Å². The van der Waals surface area contributed by atoms with Crippen molar-refractivity contribution < 1.29 is 38.8 Å². The van der Waals surface area contributed by atoms with Gasteiger partial charge < -0.3 is 29.5 Å². The van der Waals surface area contributed by atoms with Crippen molar-refractivity contribution in [3.63, 3.8) is 0 Å². The molecule has 0 bridgehead atoms. The van der Waals surface area contributed by atoms with Crippen LogP contribution in [0, 0.1) is 0 Å². The van der Waals surface area contributed by atoms with Gasteiger partial charge in [0.15, 0.2) is 6.23 Å². The number of carboxylic acids is 1. The summed E-state index contributed by atoms with van der Waals surface area (Å²) in [5, 5.41) is 28.6. The molecule has 0 aliphatic carbocycles. The lowest BCUT2D eigenvalue weighted by atomic mass is 10.1. The first-order valence-electron chi connectivity index (χ1n) is 7.23. The molecule has 2 rings (SSSR count). The third kappa shape index (κ3) is 4.36. The number of aromatic nitrogens is 2. The average Bonchev–Trinajstić information content (AvgIpc) is 2.80. The smallest absolute Gasteiger partial charge is 0.339 e. The van der Waals surface area contributed by atoms with E-state index in [1.807, 2.05) is 4.98 Å². The maximum atomic E-state index is 11.9. The van der Waals surface area contributed by atoms with Gasteiger partial charge in [0.05, 0.1) is 12.2 Å². The van der Waals surface area contributed by atoms with Crippen molar-refractivity contribution in [3.05, 3.63) is 39.2 Å². The van der Waals surface area contributed by atoms with Crippen molar-refractivity contribution >= 4 is 19.6 Å². The van der Waals surface area contributed by atoms with Crippen LogP contribution in [0.15, 0.2) is 22.4 Å². The molecule has 1 aliphatic heterocycles. The molecular formula is C13H17N2O10P. The van der Waals surface area contributed by atoms with Crippen LogP contribution in [0.2, 0.25) is 0 Å². The minimum Gasteiger partial charge on any atom is -0.481 e. The second-order valence-corrected chi connectivity index (χ2v) is 7.34. The van der Waals surface area contributed by atoms with Gasteiger partial charge in [-0.3, -0.25) is 23.7 Å². The lowest BCUT2D eigenvalue weighted by molar-refractivity contribution is -0.134. The van der Waals surface area contributed by atoms with E-state index in [1.165, 1.54) is 6.08 Å². The summed E-state index contributed by atoms with van der Waals surface area (Å²) in [6, 6.07) is 0. The largest absolute Gasteiger partial charge is 0.481 e. The highest BCUT2D eigenvalue weighted by atomic mass is 31.2. The maximum absolute atomic E-state index is 11.9. The van der Waals surface area contributed by atoms with Crippen LogP contribution in [0.5, 0.6) is 0 Å². The van der Waals surface area contributed by atoms with Crippen molar-refractivity contribution in [2.75, 3.05) is 12.8 Å². The third-order valence-corrected chi connectivity index (χ3v) is 4.82. The Kier molecular flexibility index (Phi) is 5.96. The molecule has 1 aromatic heterocycles. The zero-order valence-corrected chi connectivity index (χ0v) is 14.1. The Morgan fingerprint density at radius 2 is 2.08 bits per heavy atom. The number of aliphatic hydroxyl groups is 2. The highest BCUT2D eigenvalue weighted by molar-refractivity contribution is 7.53. The van der Waals surface area contributed by atoms with Crippen LogP contribution >= 0.6 is 7.60 Å². The number of rotatable bonds is 7. The van der Waals surface area contributed by atoms with Crippen LogP contribution in [-0.4, -0.2) is 66.8 Å². The molecule has 1 saturated heterocycles. The lowest BCUT2D eigenvalue weighted by Crippen LogP contribution is -2.38. The van der Waals surface area contributed by atoms with E-state index in [1.54, 1.807) is 0 Å². The number of aliphatic hydroxyl groups excluding tert-OH is 2. The molecule has 0 aromatic carbocycles. The summed E-state index contributed by atoms with van der Waals surface area (Å²) < 4.78 is 22.3. The third-order valence-electron chi connectivity index (χ3n) is 3.60. The number of carboxylic acid groups (broad SMARTS) is 1. The first-order valence-corrected chi connectivity index (χ1v) is 8.99. The fourth-order valence-electron chi connectivity index (χ4n) is 2.34. The molecule has 0 radical (unpaired) electrons. The summed E-state index contributed by atoms with van der Waals surface area (Å²) in [7, 11) is -4.47. The summed E-state index contributed by atoms with van der Waals surface area (Å²) in [4.78, 5) is 45.3. The maximum Gasteiger partial charge on any atom is 0.339 e. The zero-order chi connectivity index (χ0) is 19.6. The van der Waals surface area contributed by atoms with Gasteiger partial charge in [-0.15, -0.1) is 0 Å². The Hall–Kier alpha value is -2.08. The second-order valence-electron chi connectivity index (χ2n) is 5.49. The molecular weight excluding hydrogens is 375 g/mol. The van der Waals surface area contributed by atoms with Gasteiger partial charge in [-0.25, -0.2) is 4.79 Å². The molecule has 2 unspecified atom stereocenters. The normalized spacial score (nSPS) is 27.8. The van der Waals surface area contributed by atoms with Crippen molar-refractivity contribution in [2.45, 2.75) is 24.5 Å². The molecule has 1 fully saturated rings. The molecule has 0 saturated carbocycles. The number of aliphatic carboxylic acids is 1. The number of H-pyrrole nitrogens is 1. The fourth-order valence-corrected chi connectivity index (χ4v) is 3.15. The van der Waals surface area contributed by atoms with Crippen molar-refractivity contribution in [1.29, 1.82) is 0 Å². The van der Waals surface area contributed by atoms with Gasteiger partial charge in [-0.05, 0) is 0 Å². The topological polar surface area (TPSA) is 188 Å². The minimum absolute atomic E-state index is 0.0101. The van der Waals surface area contributed by atoms with Gasteiger partial charge in [-0.2, -0.15) is 0 Å². The predicted octanol–water partition coefficient (Wildman–Crippen LogP) is -1.91. The Morgan fingerprint density at radius 1 is 1.42 bits per heavy atom. The van der Waals surface area contributed by atoms with Crippen LogP contribution in [0.3, 0.4) is 0 Å². The quantitative estimate of drug-likeness (QED) is 0.327. The summed E-state index contributed by atoms with van der Waals surface area (Å²) in [6.45, 7) is 2.70. The fraction of sp³-hybridized carbons (Fsp3) is 0.462. The molecule has 12 nitrogen and oxygen atoms in total. The number of carbonyl (C=O) groups is 1. The Morgan fingerprint density at radius 3 is 2.65 bits per heavy atom. The van der Waals surface area contributed by atoms with E-state index in [4.69, 9.17) is 9.84 Å². The number of nitrogens with zero attached hydrogens (tertiary/aromatic N) is 1. The Bertz CT molecular complexity index is 861. The van der Waals surface area contributed by atoms with E-state index in [9.17, 15) is 34.1 Å². The summed E-state index contributed by atoms with van der Waals surface area (Å²) in [5.41, 5.74) is -1.61. The van der Waals surface area contributed by atoms with Gasteiger partial charge in [0.2, 0.25) is 0 Å². The SMILES string of the molecule is C=Cc1cn(C2O[C@H](COP(=O)(O)CC(=O)O)[C@@H](O)[C@@H]2O)c(=O)[nH]c1=O. The van der Waals surface area contributed by atoms with E-state index in [-0.39, 0.29) is 5.56 Å². The van der Waals surface area contributed by atoms with Gasteiger partial charge in [0, 0.05) is 6.20 Å². The number of ether oxygens (including phenoxy) is 1. The monoisotopic (exact) mass is 392 g/mol. The Labute approximate surface area is 145 Å². The van der Waals surface area contributed by atoms with Crippen molar-refractivity contribution in [1.82, 2.24) is 9.55 Å². The number of hydrogen-bond donors (Lipinski definition) is 5. The molecule has 1 aliphatic rings. The zero-order valence-electron chi connectivity index (χ0n) is 13.2. The lowest BCUT2D eigenvalue weighted by Gasteiger charge is -2.18. The van der Waals surface area contributed by atoms with E-state index >= 15 is 0 Å². The highest BCUT2D eigenvalue weighted by Gasteiger charge is 2.45. The standard InChI is InChI=1S/C13H17N2O10P/c1-2-6-3-15(13(21)14-11(6)20)12-10(19)9(18)7(25-12)4-24-26(22,23)5-8(16)17/h2-3,7,9-10,12,18-19H,1,4-5H2,(H,16,17)(H,22,23)(H,14,20,21)/t7-,9-,10+,12?/m1/s1. The average molecular weight is 392 g/mol. The molecule has 0 amide bonds. The molecule has 26 heavy (non-hydrogen) atoms. The molecule has 2 heterocycles. The first-order chi connectivity index (χ1) is 12.1. The molecule has 5 atom stereocenters. The van der Waals surface area contributed by atoms with Gasteiger partial charge in [0.25, 0.3) is 5.56 Å². The first kappa shape index (κ1) is 20.2. The minimum atomic E-state index is -4.47. The molecule has 0 spiro atoms. The Balaban J connectivity index is 2.19. The van der Waals surface area contributed by atoms with Gasteiger partial charge in [-0.1, -0.05) is 12.7 Å².